The Labute approximate surface area is 134 Å². The Kier molecular flexibility index (Phi) is 3.27. The number of rotatable bonds is 5. The Morgan fingerprint density at radius 2 is 2.00 bits per heavy atom. The molecule has 0 amide bonds. The summed E-state index contributed by atoms with van der Waals surface area (Å²) in [6, 6.07) is 9.85. The number of hydrogen-bond acceptors (Lipinski definition) is 5. The van der Waals surface area contributed by atoms with Crippen LogP contribution in [0, 0.1) is 5.92 Å². The largest absolute Gasteiger partial charge is 0.383 e. The lowest BCUT2D eigenvalue weighted by Crippen LogP contribution is -2.36. The summed E-state index contributed by atoms with van der Waals surface area (Å²) in [5, 5.41) is 14.5. The summed E-state index contributed by atoms with van der Waals surface area (Å²) in [6.07, 6.45) is 5.34. The smallest absolute Gasteiger partial charge is 0.165 e. The fourth-order valence-electron chi connectivity index (χ4n) is 3.06. The molecule has 1 aliphatic rings. The van der Waals surface area contributed by atoms with E-state index in [4.69, 9.17) is 0 Å². The van der Waals surface area contributed by atoms with Gasteiger partial charge in [0.15, 0.2) is 11.5 Å². The first-order chi connectivity index (χ1) is 11.2. The molecule has 0 spiro atoms. The normalized spacial score (nSPS) is 17.1. The maximum Gasteiger partial charge on any atom is 0.165 e. The van der Waals surface area contributed by atoms with E-state index < -0.39 is 5.60 Å². The molecule has 118 valence electrons. The number of hydrogen-bond donors (Lipinski definition) is 2. The van der Waals surface area contributed by atoms with Gasteiger partial charge in [-0.05, 0) is 24.3 Å². The number of aromatic nitrogens is 4. The van der Waals surface area contributed by atoms with E-state index in [1.807, 2.05) is 41.9 Å². The highest BCUT2D eigenvalue weighted by Crippen LogP contribution is 2.45. The molecule has 0 saturated heterocycles. The van der Waals surface area contributed by atoms with Crippen LogP contribution in [0.4, 0.5) is 5.82 Å². The van der Waals surface area contributed by atoms with E-state index in [9.17, 15) is 5.11 Å². The van der Waals surface area contributed by atoms with Crippen LogP contribution in [-0.4, -0.2) is 31.2 Å². The maximum atomic E-state index is 11.2. The number of aryl methyl sites for hydroxylation is 1. The molecule has 2 aromatic heterocycles. The van der Waals surface area contributed by atoms with Crippen molar-refractivity contribution in [2.24, 2.45) is 13.0 Å². The van der Waals surface area contributed by atoms with Gasteiger partial charge in [0, 0.05) is 13.6 Å². The molecule has 4 rings (SSSR count). The number of fused-ring (bicyclic) bond motifs is 1. The van der Waals surface area contributed by atoms with Crippen molar-refractivity contribution in [3.63, 3.8) is 0 Å². The molecule has 3 aromatic rings. The van der Waals surface area contributed by atoms with Gasteiger partial charge in [-0.25, -0.2) is 15.0 Å². The van der Waals surface area contributed by atoms with Crippen molar-refractivity contribution >= 4 is 17.0 Å². The van der Waals surface area contributed by atoms with Crippen molar-refractivity contribution in [2.45, 2.75) is 18.4 Å². The zero-order valence-electron chi connectivity index (χ0n) is 13.0. The topological polar surface area (TPSA) is 75.9 Å². The van der Waals surface area contributed by atoms with E-state index in [0.717, 1.165) is 29.6 Å². The summed E-state index contributed by atoms with van der Waals surface area (Å²) in [4.78, 5) is 12.9. The second-order valence-corrected chi connectivity index (χ2v) is 6.17. The summed E-state index contributed by atoms with van der Waals surface area (Å²) in [6.45, 7) is 0.407. The molecule has 6 heteroatoms. The van der Waals surface area contributed by atoms with E-state index in [-0.39, 0.29) is 0 Å². The van der Waals surface area contributed by atoms with Gasteiger partial charge in [-0.2, -0.15) is 0 Å². The fraction of sp³-hybridized carbons (Fsp3) is 0.353. The maximum absolute atomic E-state index is 11.2. The number of aliphatic hydroxyl groups is 1. The molecule has 1 atom stereocenters. The first kappa shape index (κ1) is 14.1. The highest BCUT2D eigenvalue weighted by Gasteiger charge is 2.45. The van der Waals surface area contributed by atoms with E-state index in [1.54, 1.807) is 6.33 Å². The summed E-state index contributed by atoms with van der Waals surface area (Å²) in [7, 11) is 1.90. The molecule has 1 aromatic carbocycles. The molecule has 2 N–H and O–H groups in total. The van der Waals surface area contributed by atoms with Gasteiger partial charge in [0.1, 0.15) is 17.4 Å². The fourth-order valence-corrected chi connectivity index (χ4v) is 3.06. The van der Waals surface area contributed by atoms with Crippen molar-refractivity contribution < 1.29 is 5.11 Å². The third-order valence-corrected chi connectivity index (χ3v) is 4.55. The zero-order valence-corrected chi connectivity index (χ0v) is 13.0. The van der Waals surface area contributed by atoms with Gasteiger partial charge >= 0.3 is 0 Å². The van der Waals surface area contributed by atoms with Crippen molar-refractivity contribution in [2.75, 3.05) is 11.9 Å². The lowest BCUT2D eigenvalue weighted by atomic mass is 9.88. The van der Waals surface area contributed by atoms with Crippen LogP contribution in [0.3, 0.4) is 0 Å². The van der Waals surface area contributed by atoms with Gasteiger partial charge in [0.05, 0.1) is 6.33 Å². The molecule has 0 bridgehead atoms. The Morgan fingerprint density at radius 1 is 1.22 bits per heavy atom. The third-order valence-electron chi connectivity index (χ3n) is 4.55. The predicted molar refractivity (Wildman–Crippen MR) is 87.9 cm³/mol. The van der Waals surface area contributed by atoms with E-state index in [2.05, 4.69) is 20.3 Å². The van der Waals surface area contributed by atoms with E-state index in [0.29, 0.717) is 18.3 Å². The lowest BCUT2D eigenvalue weighted by molar-refractivity contribution is 0.0266. The Morgan fingerprint density at radius 3 is 2.74 bits per heavy atom. The van der Waals surface area contributed by atoms with Crippen molar-refractivity contribution in [3.8, 4) is 0 Å². The average molecular weight is 309 g/mol. The molecule has 23 heavy (non-hydrogen) atoms. The molecular formula is C17H19N5O. The van der Waals surface area contributed by atoms with Crippen LogP contribution in [0.25, 0.3) is 11.2 Å². The SMILES string of the molecule is Cn1cnc2c(NCC(O)(c3ccccc3)C3CC3)ncnc21. The predicted octanol–water partition coefficient (Wildman–Crippen LogP) is 2.07. The zero-order chi connectivity index (χ0) is 15.9. The highest BCUT2D eigenvalue weighted by atomic mass is 16.3. The number of anilines is 1. The van der Waals surface area contributed by atoms with Crippen LogP contribution in [-0.2, 0) is 12.6 Å². The van der Waals surface area contributed by atoms with Crippen LogP contribution in [0.15, 0.2) is 43.0 Å². The first-order valence-corrected chi connectivity index (χ1v) is 7.82. The highest BCUT2D eigenvalue weighted by molar-refractivity contribution is 5.82. The molecule has 0 aliphatic heterocycles. The average Bonchev–Trinajstić information content (AvgIpc) is 3.38. The Hall–Kier alpha value is -2.47. The number of nitrogens with zero attached hydrogens (tertiary/aromatic N) is 4. The van der Waals surface area contributed by atoms with E-state index in [1.165, 1.54) is 6.33 Å². The van der Waals surface area contributed by atoms with Crippen LogP contribution in [0.5, 0.6) is 0 Å². The van der Waals surface area contributed by atoms with Crippen LogP contribution in [0.2, 0.25) is 0 Å². The lowest BCUT2D eigenvalue weighted by Gasteiger charge is -2.29. The molecule has 1 fully saturated rings. The first-order valence-electron chi connectivity index (χ1n) is 7.82. The Balaban J connectivity index is 1.63. The van der Waals surface area contributed by atoms with Crippen molar-refractivity contribution in [3.05, 3.63) is 48.5 Å². The summed E-state index contributed by atoms with van der Waals surface area (Å²) in [5.74, 6) is 0.948. The van der Waals surface area contributed by atoms with Gasteiger partial charge in [0.2, 0.25) is 0 Å². The number of benzene rings is 1. The minimum Gasteiger partial charge on any atom is -0.383 e. The molecule has 2 heterocycles. The molecule has 1 unspecified atom stereocenters. The standard InChI is InChI=1S/C17H19N5O/c1-22-11-21-14-15(19-10-20-16(14)22)18-9-17(23,13-7-8-13)12-5-3-2-4-6-12/h2-6,10-11,13,23H,7-9H2,1H3,(H,18,19,20). The summed E-state index contributed by atoms with van der Waals surface area (Å²) in [5.41, 5.74) is 1.56. The van der Waals surface area contributed by atoms with Crippen LogP contribution >= 0.6 is 0 Å². The Bertz CT molecular complexity index is 827. The third kappa shape index (κ3) is 2.45. The summed E-state index contributed by atoms with van der Waals surface area (Å²) < 4.78 is 1.85. The second-order valence-electron chi connectivity index (χ2n) is 6.17. The second kappa shape index (κ2) is 5.31. The molecule has 1 saturated carbocycles. The molecule has 6 nitrogen and oxygen atoms in total. The minimum absolute atomic E-state index is 0.290. The van der Waals surface area contributed by atoms with Gasteiger partial charge in [-0.3, -0.25) is 0 Å². The number of nitrogens with one attached hydrogen (secondary N) is 1. The van der Waals surface area contributed by atoms with Crippen molar-refractivity contribution in [1.29, 1.82) is 0 Å². The number of imidazole rings is 1. The van der Waals surface area contributed by atoms with Crippen LogP contribution < -0.4 is 5.32 Å². The van der Waals surface area contributed by atoms with E-state index >= 15 is 0 Å². The monoisotopic (exact) mass is 309 g/mol. The molecule has 1 aliphatic carbocycles. The molecular weight excluding hydrogens is 290 g/mol. The van der Waals surface area contributed by atoms with Gasteiger partial charge in [-0.15, -0.1) is 0 Å². The summed E-state index contributed by atoms with van der Waals surface area (Å²) >= 11 is 0. The van der Waals surface area contributed by atoms with Crippen LogP contribution in [0.1, 0.15) is 18.4 Å². The minimum atomic E-state index is -0.882. The quantitative estimate of drug-likeness (QED) is 0.754. The van der Waals surface area contributed by atoms with Crippen molar-refractivity contribution in [1.82, 2.24) is 19.5 Å². The van der Waals surface area contributed by atoms with Gasteiger partial charge < -0.3 is 15.0 Å². The molecule has 0 radical (unpaired) electrons. The van der Waals surface area contributed by atoms with Gasteiger partial charge in [0.25, 0.3) is 0 Å². The van der Waals surface area contributed by atoms with Gasteiger partial charge in [-0.1, -0.05) is 30.3 Å².